The molecule has 0 spiro atoms. The van der Waals surface area contributed by atoms with E-state index in [0.717, 1.165) is 36.0 Å². The van der Waals surface area contributed by atoms with Crippen molar-refractivity contribution in [2.24, 2.45) is 0 Å². The predicted molar refractivity (Wildman–Crippen MR) is 151 cm³/mol. The van der Waals surface area contributed by atoms with Crippen LogP contribution >= 0.6 is 11.6 Å². The molecule has 0 saturated heterocycles. The second-order valence-corrected chi connectivity index (χ2v) is 10.1. The Hall–Kier alpha value is -3.84. The predicted octanol–water partition coefficient (Wildman–Crippen LogP) is 6.86. The number of hydrogen-bond acceptors (Lipinski definition) is 6. The lowest BCUT2D eigenvalue weighted by atomic mass is 9.97. The van der Waals surface area contributed by atoms with Gasteiger partial charge in [-0.25, -0.2) is 0 Å². The summed E-state index contributed by atoms with van der Waals surface area (Å²) >= 11 is 6.37. The highest BCUT2D eigenvalue weighted by molar-refractivity contribution is 6.32. The highest BCUT2D eigenvalue weighted by Gasteiger charge is 2.43. The van der Waals surface area contributed by atoms with Crippen LogP contribution in [0.1, 0.15) is 72.0 Å². The molecule has 5 rings (SSSR count). The molecule has 0 radical (unpaired) electrons. The number of aromatic nitrogens is 1. The van der Waals surface area contributed by atoms with Gasteiger partial charge in [0.15, 0.2) is 16.9 Å². The molecule has 1 aliphatic heterocycles. The molecule has 1 unspecified atom stereocenters. The SMILES string of the molecule is CCCCCOc1ccc(C2c3c(oc4cc(C)c(Cl)cc4c3=O)C(=O)N2Cc2cccnc2)cc1OCC. The summed E-state index contributed by atoms with van der Waals surface area (Å²) in [4.78, 5) is 33.6. The van der Waals surface area contributed by atoms with Gasteiger partial charge in [0.25, 0.3) is 5.91 Å². The third-order valence-corrected chi connectivity index (χ3v) is 7.32. The molecule has 1 amide bonds. The van der Waals surface area contributed by atoms with Crippen LogP contribution in [0.3, 0.4) is 0 Å². The number of amides is 1. The van der Waals surface area contributed by atoms with E-state index in [1.807, 2.05) is 44.2 Å². The third-order valence-electron chi connectivity index (χ3n) is 6.91. The number of aryl methyl sites for hydroxylation is 1. The first-order valence-corrected chi connectivity index (χ1v) is 13.7. The molecule has 0 N–H and O–H groups in total. The monoisotopic (exact) mass is 546 g/mol. The summed E-state index contributed by atoms with van der Waals surface area (Å²) in [5.74, 6) is 0.884. The number of rotatable bonds is 10. The van der Waals surface area contributed by atoms with Crippen molar-refractivity contribution in [3.05, 3.63) is 98.1 Å². The summed E-state index contributed by atoms with van der Waals surface area (Å²) in [6.45, 7) is 7.15. The summed E-state index contributed by atoms with van der Waals surface area (Å²) in [6.07, 6.45) is 6.52. The molecule has 0 bridgehead atoms. The Labute approximate surface area is 232 Å². The second kappa shape index (κ2) is 11.5. The van der Waals surface area contributed by atoms with Crippen molar-refractivity contribution in [3.63, 3.8) is 0 Å². The topological polar surface area (TPSA) is 81.9 Å². The van der Waals surface area contributed by atoms with Gasteiger partial charge in [-0.3, -0.25) is 14.6 Å². The number of fused-ring (bicyclic) bond motifs is 2. The van der Waals surface area contributed by atoms with Crippen molar-refractivity contribution in [3.8, 4) is 11.5 Å². The van der Waals surface area contributed by atoms with Crippen LogP contribution in [-0.2, 0) is 6.54 Å². The van der Waals surface area contributed by atoms with Crippen molar-refractivity contribution in [1.82, 2.24) is 9.88 Å². The fourth-order valence-electron chi connectivity index (χ4n) is 4.96. The van der Waals surface area contributed by atoms with E-state index in [0.29, 0.717) is 40.7 Å². The van der Waals surface area contributed by atoms with E-state index < -0.39 is 6.04 Å². The van der Waals surface area contributed by atoms with Gasteiger partial charge < -0.3 is 18.8 Å². The van der Waals surface area contributed by atoms with Crippen molar-refractivity contribution in [2.75, 3.05) is 13.2 Å². The molecule has 0 fully saturated rings. The van der Waals surface area contributed by atoms with Gasteiger partial charge >= 0.3 is 0 Å². The maximum absolute atomic E-state index is 13.9. The second-order valence-electron chi connectivity index (χ2n) is 9.66. The minimum absolute atomic E-state index is 0.0426. The maximum Gasteiger partial charge on any atom is 0.291 e. The van der Waals surface area contributed by atoms with Gasteiger partial charge in [0.05, 0.1) is 30.2 Å². The van der Waals surface area contributed by atoms with Crippen LogP contribution in [0.25, 0.3) is 11.0 Å². The minimum atomic E-state index is -0.693. The first-order chi connectivity index (χ1) is 18.9. The van der Waals surface area contributed by atoms with E-state index >= 15 is 0 Å². The number of carbonyl (C=O) groups excluding carboxylic acids is 1. The minimum Gasteiger partial charge on any atom is -0.490 e. The Balaban J connectivity index is 1.64. The fourth-order valence-corrected chi connectivity index (χ4v) is 5.12. The summed E-state index contributed by atoms with van der Waals surface area (Å²) < 4.78 is 18.1. The molecule has 0 aliphatic carbocycles. The van der Waals surface area contributed by atoms with Gasteiger partial charge in [-0.2, -0.15) is 0 Å². The Morgan fingerprint density at radius 1 is 1.05 bits per heavy atom. The van der Waals surface area contributed by atoms with Gasteiger partial charge in [-0.1, -0.05) is 43.5 Å². The van der Waals surface area contributed by atoms with E-state index in [1.165, 1.54) is 0 Å². The zero-order chi connectivity index (χ0) is 27.5. The van der Waals surface area contributed by atoms with Crippen LogP contribution in [-0.4, -0.2) is 29.0 Å². The van der Waals surface area contributed by atoms with Crippen molar-refractivity contribution in [1.29, 1.82) is 0 Å². The molecular weight excluding hydrogens is 516 g/mol. The quantitative estimate of drug-likeness (QED) is 0.202. The number of unbranched alkanes of at least 4 members (excludes halogenated alkanes) is 2. The molecule has 8 heteroatoms. The van der Waals surface area contributed by atoms with E-state index in [2.05, 4.69) is 11.9 Å². The molecule has 2 aromatic heterocycles. The number of halogens is 1. The standard InChI is InChI=1S/C31H31ClN2O5/c1-4-6-7-13-38-24-11-10-21(15-26(24)37-5-2)28-27-29(35)22-16-23(32)19(3)14-25(22)39-30(27)31(36)34(28)18-20-9-8-12-33-17-20/h8-12,14-17,28H,4-7,13,18H2,1-3H3. The van der Waals surface area contributed by atoms with Crippen LogP contribution in [0.5, 0.6) is 11.5 Å². The molecule has 7 nitrogen and oxygen atoms in total. The van der Waals surface area contributed by atoms with Crippen LogP contribution in [0.4, 0.5) is 0 Å². The molecule has 39 heavy (non-hydrogen) atoms. The first-order valence-electron chi connectivity index (χ1n) is 13.3. The Bertz CT molecular complexity index is 1570. The Morgan fingerprint density at radius 3 is 2.64 bits per heavy atom. The highest BCUT2D eigenvalue weighted by Crippen LogP contribution is 2.42. The van der Waals surface area contributed by atoms with Crippen molar-refractivity contribution < 1.29 is 18.7 Å². The van der Waals surface area contributed by atoms with Gasteiger partial charge in [0, 0.05) is 24.0 Å². The molecule has 202 valence electrons. The summed E-state index contributed by atoms with van der Waals surface area (Å²) in [5, 5.41) is 0.803. The summed E-state index contributed by atoms with van der Waals surface area (Å²) in [6, 6.07) is 11.9. The molecule has 3 heterocycles. The van der Waals surface area contributed by atoms with Gasteiger partial charge in [-0.15, -0.1) is 0 Å². The molecule has 4 aromatic rings. The number of benzene rings is 2. The lowest BCUT2D eigenvalue weighted by molar-refractivity contribution is 0.0714. The lowest BCUT2D eigenvalue weighted by Crippen LogP contribution is -2.29. The first kappa shape index (κ1) is 26.8. The van der Waals surface area contributed by atoms with Gasteiger partial charge in [0.1, 0.15) is 5.58 Å². The molecule has 2 aromatic carbocycles. The molecular formula is C31H31ClN2O5. The average molecular weight is 547 g/mol. The van der Waals surface area contributed by atoms with E-state index in [1.54, 1.807) is 29.4 Å². The number of pyridine rings is 1. The zero-order valence-corrected chi connectivity index (χ0v) is 23.1. The van der Waals surface area contributed by atoms with Crippen molar-refractivity contribution >= 4 is 28.5 Å². The summed E-state index contributed by atoms with van der Waals surface area (Å²) in [5.41, 5.74) is 2.66. The third kappa shape index (κ3) is 5.23. The Morgan fingerprint density at radius 2 is 1.90 bits per heavy atom. The lowest BCUT2D eigenvalue weighted by Gasteiger charge is -2.26. The fraction of sp³-hybridized carbons (Fsp3) is 0.323. The van der Waals surface area contributed by atoms with Crippen LogP contribution in [0, 0.1) is 6.92 Å². The van der Waals surface area contributed by atoms with Gasteiger partial charge in [-0.05, 0) is 67.3 Å². The molecule has 1 aliphatic rings. The number of nitrogens with zero attached hydrogens (tertiary/aromatic N) is 2. The molecule has 0 saturated carbocycles. The summed E-state index contributed by atoms with van der Waals surface area (Å²) in [7, 11) is 0. The molecule has 1 atom stereocenters. The van der Waals surface area contributed by atoms with Crippen LogP contribution < -0.4 is 14.9 Å². The Kier molecular flexibility index (Phi) is 7.89. The number of hydrogen-bond donors (Lipinski definition) is 0. The normalized spacial score (nSPS) is 14.6. The largest absolute Gasteiger partial charge is 0.490 e. The number of carbonyl (C=O) groups is 1. The van der Waals surface area contributed by atoms with Gasteiger partial charge in [0.2, 0.25) is 5.76 Å². The smallest absolute Gasteiger partial charge is 0.291 e. The maximum atomic E-state index is 13.9. The highest BCUT2D eigenvalue weighted by atomic mass is 35.5. The van der Waals surface area contributed by atoms with Crippen LogP contribution in [0.15, 0.2) is 64.1 Å². The van der Waals surface area contributed by atoms with E-state index in [-0.39, 0.29) is 29.2 Å². The number of ether oxygens (including phenoxy) is 2. The van der Waals surface area contributed by atoms with E-state index in [9.17, 15) is 9.59 Å². The van der Waals surface area contributed by atoms with Crippen molar-refractivity contribution in [2.45, 2.75) is 52.6 Å². The average Bonchev–Trinajstić information content (AvgIpc) is 3.20. The van der Waals surface area contributed by atoms with Crippen LogP contribution in [0.2, 0.25) is 5.02 Å². The van der Waals surface area contributed by atoms with E-state index in [4.69, 9.17) is 25.5 Å². The zero-order valence-electron chi connectivity index (χ0n) is 22.3.